The zero-order chi connectivity index (χ0) is 19.5. The van der Waals surface area contributed by atoms with Crippen molar-refractivity contribution in [1.82, 2.24) is 25.3 Å². The lowest BCUT2D eigenvalue weighted by Crippen LogP contribution is -2.56. The number of hydrogen-bond acceptors (Lipinski definition) is 5. The van der Waals surface area contributed by atoms with E-state index >= 15 is 0 Å². The third-order valence-electron chi connectivity index (χ3n) is 6.30. The van der Waals surface area contributed by atoms with Crippen molar-refractivity contribution in [3.63, 3.8) is 0 Å². The molecule has 4 rings (SSSR count). The van der Waals surface area contributed by atoms with E-state index in [1.54, 1.807) is 0 Å². The lowest BCUT2D eigenvalue weighted by molar-refractivity contribution is -0.134. The number of benzene rings is 1. The molecule has 0 radical (unpaired) electrons. The fraction of sp³-hybridized carbons (Fsp3) is 0.619. The molecule has 0 spiro atoms. The van der Waals surface area contributed by atoms with E-state index in [1.807, 2.05) is 11.1 Å². The molecule has 3 heterocycles. The average Bonchev–Trinajstić information content (AvgIpc) is 3.22. The predicted molar refractivity (Wildman–Crippen MR) is 111 cm³/mol. The van der Waals surface area contributed by atoms with Gasteiger partial charge in [0.1, 0.15) is 0 Å². The molecule has 2 fully saturated rings. The lowest BCUT2D eigenvalue weighted by Gasteiger charge is -2.41. The van der Waals surface area contributed by atoms with Crippen molar-refractivity contribution in [2.45, 2.75) is 44.7 Å². The summed E-state index contributed by atoms with van der Waals surface area (Å²) in [5, 5.41) is 11.7. The Balaban J connectivity index is 1.35. The van der Waals surface area contributed by atoms with E-state index in [9.17, 15) is 4.79 Å². The SMILES string of the molecule is CCc1cc(CC(N)C(=O)N2CCN(C3CCNCC3)CC2)cc2cn[nH]c12. The van der Waals surface area contributed by atoms with Crippen LogP contribution in [0.5, 0.6) is 0 Å². The minimum atomic E-state index is -0.487. The Morgan fingerprint density at radius 2 is 2.00 bits per heavy atom. The highest BCUT2D eigenvalue weighted by Gasteiger charge is 2.29. The van der Waals surface area contributed by atoms with Crippen LogP contribution in [0.4, 0.5) is 0 Å². The van der Waals surface area contributed by atoms with Crippen molar-refractivity contribution in [3.05, 3.63) is 29.5 Å². The first-order valence-electron chi connectivity index (χ1n) is 10.6. The number of nitrogens with two attached hydrogens (primary N) is 1. The van der Waals surface area contributed by atoms with Crippen LogP contribution >= 0.6 is 0 Å². The molecule has 0 saturated carbocycles. The number of aromatic amines is 1. The Kier molecular flexibility index (Phi) is 5.94. The second kappa shape index (κ2) is 8.59. The summed E-state index contributed by atoms with van der Waals surface area (Å²) in [5.41, 5.74) is 9.75. The van der Waals surface area contributed by atoms with Crippen molar-refractivity contribution < 1.29 is 4.79 Å². The molecule has 0 aliphatic carbocycles. The van der Waals surface area contributed by atoms with Gasteiger partial charge in [-0.25, -0.2) is 0 Å². The minimum Gasteiger partial charge on any atom is -0.339 e. The summed E-state index contributed by atoms with van der Waals surface area (Å²) in [6, 6.07) is 4.43. The molecule has 1 amide bonds. The number of aromatic nitrogens is 2. The van der Waals surface area contributed by atoms with Gasteiger partial charge in [-0.2, -0.15) is 5.10 Å². The van der Waals surface area contributed by atoms with E-state index in [0.29, 0.717) is 12.5 Å². The van der Waals surface area contributed by atoms with Crippen molar-refractivity contribution in [3.8, 4) is 0 Å². The van der Waals surface area contributed by atoms with Gasteiger partial charge in [-0.15, -0.1) is 0 Å². The van der Waals surface area contributed by atoms with Crippen molar-refractivity contribution in [2.24, 2.45) is 5.73 Å². The standard InChI is InChI=1S/C21H32N6O/c1-2-16-11-15(12-17-14-24-25-20(16)17)13-19(22)21(28)27-9-7-26(8-10-27)18-3-5-23-6-4-18/h11-12,14,18-19,23H,2-10,13,22H2,1H3,(H,24,25). The maximum absolute atomic E-state index is 12.9. The van der Waals surface area contributed by atoms with Crippen LogP contribution in [0, 0.1) is 0 Å². The Bertz CT molecular complexity index is 804. The third kappa shape index (κ3) is 4.06. The zero-order valence-electron chi connectivity index (χ0n) is 16.8. The number of carbonyl (C=O) groups excluding carboxylic acids is 1. The Hall–Kier alpha value is -1.96. The highest BCUT2D eigenvalue weighted by atomic mass is 16.2. The van der Waals surface area contributed by atoms with Crippen LogP contribution in [-0.2, 0) is 17.6 Å². The summed E-state index contributed by atoms with van der Waals surface area (Å²) < 4.78 is 0. The molecule has 1 aromatic carbocycles. The van der Waals surface area contributed by atoms with Gasteiger partial charge in [-0.05, 0) is 56.0 Å². The maximum Gasteiger partial charge on any atom is 0.239 e. The van der Waals surface area contributed by atoms with Crippen LogP contribution in [0.15, 0.2) is 18.3 Å². The minimum absolute atomic E-state index is 0.0790. The maximum atomic E-state index is 12.9. The number of hydrogen-bond donors (Lipinski definition) is 3. The molecule has 2 aliphatic heterocycles. The summed E-state index contributed by atoms with van der Waals surface area (Å²) in [7, 11) is 0. The van der Waals surface area contributed by atoms with E-state index in [0.717, 1.165) is 62.2 Å². The molecule has 1 aromatic heterocycles. The molecule has 7 heteroatoms. The number of rotatable bonds is 5. The molecule has 4 N–H and O–H groups in total. The summed E-state index contributed by atoms with van der Waals surface area (Å²) in [6.07, 6.45) is 5.76. The number of amides is 1. The van der Waals surface area contributed by atoms with E-state index in [-0.39, 0.29) is 5.91 Å². The fourth-order valence-electron chi connectivity index (χ4n) is 4.65. The van der Waals surface area contributed by atoms with Crippen LogP contribution in [0.2, 0.25) is 0 Å². The topological polar surface area (TPSA) is 90.3 Å². The van der Waals surface area contributed by atoms with Gasteiger partial charge in [0.2, 0.25) is 5.91 Å². The molecule has 1 unspecified atom stereocenters. The highest BCUT2D eigenvalue weighted by molar-refractivity contribution is 5.84. The van der Waals surface area contributed by atoms with E-state index < -0.39 is 6.04 Å². The molecular formula is C21H32N6O. The van der Waals surface area contributed by atoms with Crippen molar-refractivity contribution >= 4 is 16.8 Å². The van der Waals surface area contributed by atoms with Crippen LogP contribution in [-0.4, -0.2) is 77.3 Å². The number of carbonyl (C=O) groups is 1. The van der Waals surface area contributed by atoms with Crippen molar-refractivity contribution in [1.29, 1.82) is 0 Å². The molecule has 2 aromatic rings. The first-order valence-corrected chi connectivity index (χ1v) is 10.6. The first-order chi connectivity index (χ1) is 13.7. The largest absolute Gasteiger partial charge is 0.339 e. The number of piperidine rings is 1. The number of piperazine rings is 1. The van der Waals surface area contributed by atoms with Gasteiger partial charge in [0, 0.05) is 37.6 Å². The Labute approximate surface area is 166 Å². The van der Waals surface area contributed by atoms with Crippen LogP contribution in [0.3, 0.4) is 0 Å². The quantitative estimate of drug-likeness (QED) is 0.712. The monoisotopic (exact) mass is 384 g/mol. The summed E-state index contributed by atoms with van der Waals surface area (Å²) in [6.45, 7) is 7.85. The molecule has 2 saturated heterocycles. The molecular weight excluding hydrogens is 352 g/mol. The molecule has 28 heavy (non-hydrogen) atoms. The third-order valence-corrected chi connectivity index (χ3v) is 6.30. The normalized spacial score (nSPS) is 20.6. The fourth-order valence-corrected chi connectivity index (χ4v) is 4.65. The van der Waals surface area contributed by atoms with Crippen molar-refractivity contribution in [2.75, 3.05) is 39.3 Å². The average molecular weight is 385 g/mol. The predicted octanol–water partition coefficient (Wildman–Crippen LogP) is 0.891. The summed E-state index contributed by atoms with van der Waals surface area (Å²) in [5.74, 6) is 0.0790. The van der Waals surface area contributed by atoms with Gasteiger partial charge in [-0.1, -0.05) is 13.0 Å². The van der Waals surface area contributed by atoms with Crippen LogP contribution < -0.4 is 11.1 Å². The second-order valence-corrected chi connectivity index (χ2v) is 8.10. The molecule has 0 bridgehead atoms. The van der Waals surface area contributed by atoms with Gasteiger partial charge in [0.25, 0.3) is 0 Å². The number of fused-ring (bicyclic) bond motifs is 1. The lowest BCUT2D eigenvalue weighted by atomic mass is 9.99. The Morgan fingerprint density at radius 3 is 2.71 bits per heavy atom. The Morgan fingerprint density at radius 1 is 1.25 bits per heavy atom. The van der Waals surface area contributed by atoms with E-state index in [2.05, 4.69) is 39.5 Å². The smallest absolute Gasteiger partial charge is 0.239 e. The van der Waals surface area contributed by atoms with Gasteiger partial charge < -0.3 is 16.0 Å². The summed E-state index contributed by atoms with van der Waals surface area (Å²) >= 11 is 0. The number of nitrogens with one attached hydrogen (secondary N) is 2. The van der Waals surface area contributed by atoms with Gasteiger partial charge in [0.15, 0.2) is 0 Å². The number of aryl methyl sites for hydroxylation is 1. The van der Waals surface area contributed by atoms with Gasteiger partial charge in [-0.3, -0.25) is 14.8 Å². The molecule has 1 atom stereocenters. The zero-order valence-corrected chi connectivity index (χ0v) is 16.8. The van der Waals surface area contributed by atoms with Crippen LogP contribution in [0.25, 0.3) is 10.9 Å². The molecule has 7 nitrogen and oxygen atoms in total. The first kappa shape index (κ1) is 19.4. The second-order valence-electron chi connectivity index (χ2n) is 8.10. The molecule has 2 aliphatic rings. The number of H-pyrrole nitrogens is 1. The van der Waals surface area contributed by atoms with Gasteiger partial charge >= 0.3 is 0 Å². The summed E-state index contributed by atoms with van der Waals surface area (Å²) in [4.78, 5) is 17.4. The van der Waals surface area contributed by atoms with E-state index in [1.165, 1.54) is 18.4 Å². The van der Waals surface area contributed by atoms with Gasteiger partial charge in [0.05, 0.1) is 17.8 Å². The highest BCUT2D eigenvalue weighted by Crippen LogP contribution is 2.21. The number of nitrogens with zero attached hydrogens (tertiary/aromatic N) is 3. The van der Waals surface area contributed by atoms with Crippen LogP contribution in [0.1, 0.15) is 30.9 Å². The molecule has 152 valence electrons. The van der Waals surface area contributed by atoms with E-state index in [4.69, 9.17) is 5.73 Å².